The maximum atomic E-state index is 12.3. The Labute approximate surface area is 172 Å². The first-order chi connectivity index (χ1) is 13.2. The second-order valence-electron chi connectivity index (χ2n) is 6.65. The van der Waals surface area contributed by atoms with Crippen LogP contribution in [0.15, 0.2) is 46.8 Å². The standard InChI is InChI=1S/C19H21N3O3S3/c1-12(2)13-5-4-6-14(9-13)20-18(23)11-26-19-21-16-8-7-15(10-17(16)27-19)22-28(3,24)25/h4-10,12,22H,11H2,1-3H3,(H,20,23). The van der Waals surface area contributed by atoms with Crippen LogP contribution in [0, 0.1) is 0 Å². The molecule has 0 unspecified atom stereocenters. The SMILES string of the molecule is CC(C)c1cccc(NC(=O)CSc2nc3ccc(NS(C)(=O)=O)cc3s2)c1. The van der Waals surface area contributed by atoms with Gasteiger partial charge in [-0.1, -0.05) is 37.7 Å². The Kier molecular flexibility index (Phi) is 6.26. The number of thioether (sulfide) groups is 1. The summed E-state index contributed by atoms with van der Waals surface area (Å²) >= 11 is 2.79. The molecule has 0 saturated carbocycles. The Balaban J connectivity index is 1.63. The molecule has 0 bridgehead atoms. The van der Waals surface area contributed by atoms with Gasteiger partial charge in [-0.25, -0.2) is 13.4 Å². The quantitative estimate of drug-likeness (QED) is 0.533. The molecule has 0 aliphatic carbocycles. The van der Waals surface area contributed by atoms with Crippen LogP contribution in [-0.4, -0.2) is 31.3 Å². The number of sulfonamides is 1. The number of hydrogen-bond donors (Lipinski definition) is 2. The van der Waals surface area contributed by atoms with E-state index in [1.807, 2.05) is 24.3 Å². The first-order valence-electron chi connectivity index (χ1n) is 8.60. The van der Waals surface area contributed by atoms with Crippen molar-refractivity contribution in [3.63, 3.8) is 0 Å². The van der Waals surface area contributed by atoms with E-state index in [4.69, 9.17) is 0 Å². The lowest BCUT2D eigenvalue weighted by Crippen LogP contribution is -2.14. The highest BCUT2D eigenvalue weighted by Crippen LogP contribution is 2.31. The van der Waals surface area contributed by atoms with Crippen molar-refractivity contribution in [3.8, 4) is 0 Å². The van der Waals surface area contributed by atoms with Gasteiger partial charge in [0, 0.05) is 5.69 Å². The largest absolute Gasteiger partial charge is 0.325 e. The van der Waals surface area contributed by atoms with Crippen LogP contribution in [-0.2, 0) is 14.8 Å². The average Bonchev–Trinajstić information content (AvgIpc) is 3.01. The highest BCUT2D eigenvalue weighted by Gasteiger charge is 2.10. The Bertz CT molecular complexity index is 1110. The summed E-state index contributed by atoms with van der Waals surface area (Å²) in [5.41, 5.74) is 3.24. The molecule has 2 N–H and O–H groups in total. The third kappa shape index (κ3) is 5.70. The minimum atomic E-state index is -3.32. The number of rotatable bonds is 7. The average molecular weight is 436 g/mol. The van der Waals surface area contributed by atoms with Gasteiger partial charge >= 0.3 is 0 Å². The molecule has 1 heterocycles. The number of fused-ring (bicyclic) bond motifs is 1. The zero-order valence-corrected chi connectivity index (χ0v) is 18.2. The zero-order chi connectivity index (χ0) is 20.3. The number of carbonyl (C=O) groups is 1. The summed E-state index contributed by atoms with van der Waals surface area (Å²) in [7, 11) is -3.32. The second kappa shape index (κ2) is 8.50. The lowest BCUT2D eigenvalue weighted by atomic mass is 10.0. The summed E-state index contributed by atoms with van der Waals surface area (Å²) in [4.78, 5) is 16.8. The molecular weight excluding hydrogens is 414 g/mol. The number of nitrogens with zero attached hydrogens (tertiary/aromatic N) is 1. The summed E-state index contributed by atoms with van der Waals surface area (Å²) in [5.74, 6) is 0.556. The fraction of sp³-hybridized carbons (Fsp3) is 0.263. The van der Waals surface area contributed by atoms with Gasteiger partial charge in [-0.3, -0.25) is 9.52 Å². The maximum Gasteiger partial charge on any atom is 0.234 e. The number of aromatic nitrogens is 1. The molecule has 0 aliphatic heterocycles. The molecule has 9 heteroatoms. The lowest BCUT2D eigenvalue weighted by molar-refractivity contribution is -0.113. The van der Waals surface area contributed by atoms with E-state index in [2.05, 4.69) is 28.9 Å². The highest BCUT2D eigenvalue weighted by molar-refractivity contribution is 8.01. The van der Waals surface area contributed by atoms with E-state index in [1.54, 1.807) is 18.2 Å². The van der Waals surface area contributed by atoms with Gasteiger partial charge < -0.3 is 5.32 Å². The van der Waals surface area contributed by atoms with Gasteiger partial charge in [-0.15, -0.1) is 11.3 Å². The molecule has 0 saturated heterocycles. The molecule has 148 valence electrons. The minimum Gasteiger partial charge on any atom is -0.325 e. The van der Waals surface area contributed by atoms with E-state index >= 15 is 0 Å². The second-order valence-corrected chi connectivity index (χ2v) is 10.7. The van der Waals surface area contributed by atoms with Crippen LogP contribution < -0.4 is 10.0 Å². The van der Waals surface area contributed by atoms with Gasteiger partial charge in [0.25, 0.3) is 0 Å². The van der Waals surface area contributed by atoms with E-state index in [-0.39, 0.29) is 11.7 Å². The van der Waals surface area contributed by atoms with Crippen molar-refractivity contribution in [3.05, 3.63) is 48.0 Å². The summed E-state index contributed by atoms with van der Waals surface area (Å²) in [5, 5.41) is 2.92. The number of anilines is 2. The van der Waals surface area contributed by atoms with Gasteiger partial charge in [0.2, 0.25) is 15.9 Å². The Morgan fingerprint density at radius 1 is 1.18 bits per heavy atom. The van der Waals surface area contributed by atoms with Crippen LogP contribution in [0.4, 0.5) is 11.4 Å². The third-order valence-corrected chi connectivity index (χ3v) is 6.60. The van der Waals surface area contributed by atoms with Crippen molar-refractivity contribution >= 4 is 60.6 Å². The first-order valence-corrected chi connectivity index (χ1v) is 12.3. The zero-order valence-electron chi connectivity index (χ0n) is 15.7. The van der Waals surface area contributed by atoms with Crippen molar-refractivity contribution in [2.45, 2.75) is 24.1 Å². The van der Waals surface area contributed by atoms with Crippen LogP contribution in [0.3, 0.4) is 0 Å². The lowest BCUT2D eigenvalue weighted by Gasteiger charge is -2.09. The van der Waals surface area contributed by atoms with Crippen molar-refractivity contribution in [1.29, 1.82) is 0 Å². The minimum absolute atomic E-state index is 0.0930. The maximum absolute atomic E-state index is 12.3. The predicted molar refractivity (Wildman–Crippen MR) is 118 cm³/mol. The number of thiazole rings is 1. The molecule has 0 aliphatic rings. The van der Waals surface area contributed by atoms with Crippen molar-refractivity contribution in [1.82, 2.24) is 4.98 Å². The number of carbonyl (C=O) groups excluding carboxylic acids is 1. The van der Waals surface area contributed by atoms with Crippen molar-refractivity contribution in [2.75, 3.05) is 22.0 Å². The normalized spacial score (nSPS) is 11.7. The molecule has 0 radical (unpaired) electrons. The first kappa shape index (κ1) is 20.6. The van der Waals surface area contributed by atoms with Crippen molar-refractivity contribution < 1.29 is 13.2 Å². The summed E-state index contributed by atoms with van der Waals surface area (Å²) in [6.07, 6.45) is 1.11. The molecule has 28 heavy (non-hydrogen) atoms. The Morgan fingerprint density at radius 3 is 2.68 bits per heavy atom. The summed E-state index contributed by atoms with van der Waals surface area (Å²) < 4.78 is 26.8. The highest BCUT2D eigenvalue weighted by atomic mass is 32.2. The fourth-order valence-electron chi connectivity index (χ4n) is 2.54. The van der Waals surface area contributed by atoms with Gasteiger partial charge in [0.1, 0.15) is 0 Å². The van der Waals surface area contributed by atoms with Crippen LogP contribution in [0.1, 0.15) is 25.3 Å². The number of benzene rings is 2. The Hall–Kier alpha value is -2.10. The number of nitrogens with one attached hydrogen (secondary N) is 2. The van der Waals surface area contributed by atoms with Crippen LogP contribution in [0.25, 0.3) is 10.2 Å². The molecule has 3 rings (SSSR count). The number of amides is 1. The molecule has 2 aromatic carbocycles. The van der Waals surface area contributed by atoms with Gasteiger partial charge in [0.05, 0.1) is 27.9 Å². The smallest absolute Gasteiger partial charge is 0.234 e. The van der Waals surface area contributed by atoms with Gasteiger partial charge in [-0.05, 0) is 41.8 Å². The number of hydrogen-bond acceptors (Lipinski definition) is 6. The molecule has 6 nitrogen and oxygen atoms in total. The Morgan fingerprint density at radius 2 is 1.96 bits per heavy atom. The molecule has 0 atom stereocenters. The summed E-state index contributed by atoms with van der Waals surface area (Å²) in [6.45, 7) is 4.22. The van der Waals surface area contributed by atoms with E-state index in [0.29, 0.717) is 11.6 Å². The molecule has 1 amide bonds. The van der Waals surface area contributed by atoms with Crippen LogP contribution in [0.2, 0.25) is 0 Å². The summed E-state index contributed by atoms with van der Waals surface area (Å²) in [6, 6.07) is 13.0. The molecule has 0 fully saturated rings. The monoisotopic (exact) mass is 435 g/mol. The third-order valence-electron chi connectivity index (χ3n) is 3.84. The molecule has 1 aromatic heterocycles. The van der Waals surface area contributed by atoms with E-state index in [1.165, 1.54) is 28.7 Å². The van der Waals surface area contributed by atoms with Crippen LogP contribution >= 0.6 is 23.1 Å². The van der Waals surface area contributed by atoms with Crippen LogP contribution in [0.5, 0.6) is 0 Å². The topological polar surface area (TPSA) is 88.2 Å². The predicted octanol–water partition coefficient (Wildman–Crippen LogP) is 4.52. The van der Waals surface area contributed by atoms with E-state index < -0.39 is 10.0 Å². The van der Waals surface area contributed by atoms with E-state index in [9.17, 15) is 13.2 Å². The van der Waals surface area contributed by atoms with Crippen molar-refractivity contribution in [2.24, 2.45) is 0 Å². The van der Waals surface area contributed by atoms with Gasteiger partial charge in [0.15, 0.2) is 4.34 Å². The molecular formula is C19H21N3O3S3. The van der Waals surface area contributed by atoms with Gasteiger partial charge in [-0.2, -0.15) is 0 Å². The van der Waals surface area contributed by atoms with E-state index in [0.717, 1.165) is 26.5 Å². The molecule has 3 aromatic rings. The molecule has 0 spiro atoms. The fourth-order valence-corrected chi connectivity index (χ4v) is 5.01.